The number of hydrogen-bond acceptors (Lipinski definition) is 2. The minimum absolute atomic E-state index is 0.121. The van der Waals surface area contributed by atoms with Crippen LogP contribution in [0, 0.1) is 17.5 Å². The second-order valence-corrected chi connectivity index (χ2v) is 5.34. The molecule has 0 aliphatic carbocycles. The molecule has 0 aliphatic rings. The van der Waals surface area contributed by atoms with Crippen molar-refractivity contribution in [3.63, 3.8) is 0 Å². The summed E-state index contributed by atoms with van der Waals surface area (Å²) in [5.41, 5.74) is -0.165. The first-order valence-electron chi connectivity index (χ1n) is 6.01. The SMILES string of the molecule is CCNC(C)c1ccc(-c2c(F)cc(F)cc2F)s1. The predicted molar refractivity (Wildman–Crippen MR) is 71.7 cm³/mol. The van der Waals surface area contributed by atoms with Crippen LogP contribution < -0.4 is 5.32 Å². The van der Waals surface area contributed by atoms with E-state index in [1.165, 1.54) is 11.3 Å². The molecule has 0 aliphatic heterocycles. The van der Waals surface area contributed by atoms with Crippen LogP contribution in [0.15, 0.2) is 24.3 Å². The van der Waals surface area contributed by atoms with Gasteiger partial charge in [0, 0.05) is 27.9 Å². The fraction of sp³-hybridized carbons (Fsp3) is 0.286. The Labute approximate surface area is 114 Å². The molecule has 1 unspecified atom stereocenters. The molecule has 0 saturated heterocycles. The van der Waals surface area contributed by atoms with Gasteiger partial charge in [0.25, 0.3) is 0 Å². The molecular formula is C14H14F3NS. The van der Waals surface area contributed by atoms with Crippen molar-refractivity contribution in [1.82, 2.24) is 5.32 Å². The lowest BCUT2D eigenvalue weighted by Crippen LogP contribution is -2.16. The maximum Gasteiger partial charge on any atom is 0.137 e. The normalized spacial score (nSPS) is 12.7. The van der Waals surface area contributed by atoms with Gasteiger partial charge in [0.2, 0.25) is 0 Å². The number of halogens is 3. The summed E-state index contributed by atoms with van der Waals surface area (Å²) in [6.45, 7) is 4.79. The molecule has 0 saturated carbocycles. The smallest absolute Gasteiger partial charge is 0.137 e. The van der Waals surface area contributed by atoms with Crippen molar-refractivity contribution in [2.45, 2.75) is 19.9 Å². The van der Waals surface area contributed by atoms with Crippen molar-refractivity contribution in [1.29, 1.82) is 0 Å². The van der Waals surface area contributed by atoms with Crippen LogP contribution in [0.5, 0.6) is 0 Å². The van der Waals surface area contributed by atoms with Crippen molar-refractivity contribution in [3.8, 4) is 10.4 Å². The van der Waals surface area contributed by atoms with Crippen molar-refractivity contribution in [2.24, 2.45) is 0 Å². The van der Waals surface area contributed by atoms with Gasteiger partial charge in [0.05, 0.1) is 5.56 Å². The summed E-state index contributed by atoms with van der Waals surface area (Å²) in [5.74, 6) is -2.65. The fourth-order valence-corrected chi connectivity index (χ4v) is 2.99. The summed E-state index contributed by atoms with van der Waals surface area (Å²) in [7, 11) is 0. The van der Waals surface area contributed by atoms with Gasteiger partial charge in [-0.1, -0.05) is 6.92 Å². The first kappa shape index (κ1) is 14.1. The third-order valence-electron chi connectivity index (χ3n) is 2.82. The van der Waals surface area contributed by atoms with Crippen molar-refractivity contribution in [3.05, 3.63) is 46.6 Å². The Morgan fingerprint density at radius 3 is 2.37 bits per heavy atom. The predicted octanol–water partition coefficient (Wildman–Crippen LogP) is 4.50. The lowest BCUT2D eigenvalue weighted by molar-refractivity contribution is 0.548. The molecule has 0 fully saturated rings. The first-order chi connectivity index (χ1) is 9.02. The molecule has 19 heavy (non-hydrogen) atoms. The lowest BCUT2D eigenvalue weighted by atomic mass is 10.1. The first-order valence-corrected chi connectivity index (χ1v) is 6.82. The standard InChI is InChI=1S/C14H14F3NS/c1-3-18-8(2)12-4-5-13(19-12)14-10(16)6-9(15)7-11(14)17/h4-8,18H,3H2,1-2H3. The van der Waals surface area contributed by atoms with Gasteiger partial charge in [-0.05, 0) is 25.6 Å². The highest BCUT2D eigenvalue weighted by atomic mass is 32.1. The van der Waals surface area contributed by atoms with E-state index in [1.807, 2.05) is 19.9 Å². The molecule has 0 bridgehead atoms. The highest BCUT2D eigenvalue weighted by Gasteiger charge is 2.16. The number of rotatable bonds is 4. The monoisotopic (exact) mass is 285 g/mol. The summed E-state index contributed by atoms with van der Waals surface area (Å²) in [6, 6.07) is 5.01. The Balaban J connectivity index is 2.38. The Morgan fingerprint density at radius 2 is 1.79 bits per heavy atom. The Kier molecular flexibility index (Phi) is 4.27. The van der Waals surface area contributed by atoms with Crippen LogP contribution in [0.2, 0.25) is 0 Å². The average molecular weight is 285 g/mol. The number of thiophene rings is 1. The number of benzene rings is 1. The summed E-state index contributed by atoms with van der Waals surface area (Å²) in [4.78, 5) is 1.45. The van der Waals surface area contributed by atoms with Gasteiger partial charge in [-0.2, -0.15) is 0 Å². The number of nitrogens with one attached hydrogen (secondary N) is 1. The molecule has 5 heteroatoms. The third kappa shape index (κ3) is 2.98. The van der Waals surface area contributed by atoms with Gasteiger partial charge in [0.1, 0.15) is 17.5 Å². The molecule has 1 N–H and O–H groups in total. The van der Waals surface area contributed by atoms with Crippen LogP contribution >= 0.6 is 11.3 Å². The summed E-state index contributed by atoms with van der Waals surface area (Å²) < 4.78 is 40.2. The van der Waals surface area contributed by atoms with Gasteiger partial charge in [-0.15, -0.1) is 11.3 Å². The highest BCUT2D eigenvalue weighted by Crippen LogP contribution is 2.34. The fourth-order valence-electron chi connectivity index (χ4n) is 1.90. The van der Waals surface area contributed by atoms with E-state index in [1.54, 1.807) is 6.07 Å². The van der Waals surface area contributed by atoms with Crippen LogP contribution in [-0.4, -0.2) is 6.54 Å². The van der Waals surface area contributed by atoms with Gasteiger partial charge >= 0.3 is 0 Å². The van der Waals surface area contributed by atoms with E-state index in [0.717, 1.165) is 11.4 Å². The van der Waals surface area contributed by atoms with Crippen molar-refractivity contribution >= 4 is 11.3 Å². The molecule has 2 aromatic rings. The summed E-state index contributed by atoms with van der Waals surface area (Å²) in [6.07, 6.45) is 0. The third-order valence-corrected chi connectivity index (χ3v) is 4.10. The van der Waals surface area contributed by atoms with E-state index in [0.29, 0.717) is 17.0 Å². The van der Waals surface area contributed by atoms with Gasteiger partial charge in [0.15, 0.2) is 0 Å². The summed E-state index contributed by atoms with van der Waals surface area (Å²) >= 11 is 1.30. The van der Waals surface area contributed by atoms with Crippen LogP contribution in [0.3, 0.4) is 0 Å². The van der Waals surface area contributed by atoms with Crippen LogP contribution in [0.4, 0.5) is 13.2 Å². The minimum Gasteiger partial charge on any atom is -0.310 e. The second kappa shape index (κ2) is 5.75. The zero-order chi connectivity index (χ0) is 14.0. The molecule has 1 nitrogen and oxygen atoms in total. The van der Waals surface area contributed by atoms with E-state index in [9.17, 15) is 13.2 Å². The molecule has 1 aromatic carbocycles. The van der Waals surface area contributed by atoms with Crippen LogP contribution in [0.25, 0.3) is 10.4 Å². The quantitative estimate of drug-likeness (QED) is 0.872. The van der Waals surface area contributed by atoms with Crippen LogP contribution in [-0.2, 0) is 0 Å². The van der Waals surface area contributed by atoms with E-state index in [2.05, 4.69) is 5.32 Å². The van der Waals surface area contributed by atoms with Crippen LogP contribution in [0.1, 0.15) is 24.8 Å². The number of hydrogen-bond donors (Lipinski definition) is 1. The second-order valence-electron chi connectivity index (χ2n) is 4.23. The van der Waals surface area contributed by atoms with Gasteiger partial charge in [-0.25, -0.2) is 13.2 Å². The van der Waals surface area contributed by atoms with E-state index >= 15 is 0 Å². The average Bonchev–Trinajstić information content (AvgIpc) is 2.77. The molecule has 0 radical (unpaired) electrons. The maximum atomic E-state index is 13.7. The molecular weight excluding hydrogens is 271 g/mol. The highest BCUT2D eigenvalue weighted by molar-refractivity contribution is 7.15. The summed E-state index contributed by atoms with van der Waals surface area (Å²) in [5, 5.41) is 3.23. The Morgan fingerprint density at radius 1 is 1.16 bits per heavy atom. The van der Waals surface area contributed by atoms with E-state index in [4.69, 9.17) is 0 Å². The molecule has 0 amide bonds. The van der Waals surface area contributed by atoms with Crippen molar-refractivity contribution < 1.29 is 13.2 Å². The van der Waals surface area contributed by atoms with Crippen molar-refractivity contribution in [2.75, 3.05) is 6.54 Å². The topological polar surface area (TPSA) is 12.0 Å². The molecule has 102 valence electrons. The molecule has 0 spiro atoms. The van der Waals surface area contributed by atoms with E-state index < -0.39 is 17.5 Å². The molecule has 2 rings (SSSR count). The zero-order valence-corrected chi connectivity index (χ0v) is 11.5. The van der Waals surface area contributed by atoms with Gasteiger partial charge < -0.3 is 5.32 Å². The zero-order valence-electron chi connectivity index (χ0n) is 10.6. The van der Waals surface area contributed by atoms with Gasteiger partial charge in [-0.3, -0.25) is 0 Å². The molecule has 1 atom stereocenters. The maximum absolute atomic E-state index is 13.7. The Hall–Kier alpha value is -1.33. The Bertz CT molecular complexity index is 557. The largest absolute Gasteiger partial charge is 0.310 e. The lowest BCUT2D eigenvalue weighted by Gasteiger charge is -2.09. The molecule has 1 aromatic heterocycles. The minimum atomic E-state index is -0.906. The van der Waals surface area contributed by atoms with E-state index in [-0.39, 0.29) is 11.6 Å². The molecule has 1 heterocycles.